The highest BCUT2D eigenvalue weighted by atomic mass is 16.4. The molecule has 0 saturated carbocycles. The van der Waals surface area contributed by atoms with Crippen molar-refractivity contribution in [1.82, 2.24) is 14.9 Å². The quantitative estimate of drug-likeness (QED) is 0.720. The average Bonchev–Trinajstić information content (AvgIpc) is 2.61. The minimum atomic E-state index is -0.957. The van der Waals surface area contributed by atoms with Gasteiger partial charge in [0, 0.05) is 53.6 Å². The van der Waals surface area contributed by atoms with Gasteiger partial charge in [-0.3, -0.25) is 4.98 Å². The number of hydrogen-bond donors (Lipinski definition) is 2. The van der Waals surface area contributed by atoms with Crippen LogP contribution >= 0.6 is 0 Å². The molecule has 2 N–H and O–H groups in total. The Kier molecular flexibility index (Phi) is 4.90. The molecule has 0 fully saturated rings. The fourth-order valence-electron chi connectivity index (χ4n) is 2.76. The van der Waals surface area contributed by atoms with E-state index < -0.39 is 5.97 Å². The topological polar surface area (TPSA) is 78.3 Å². The molecule has 0 aliphatic rings. The maximum atomic E-state index is 11.7. The second kappa shape index (κ2) is 7.27. The van der Waals surface area contributed by atoms with Crippen molar-refractivity contribution in [3.8, 4) is 11.1 Å². The maximum Gasteiger partial charge on any atom is 0.336 e. The summed E-state index contributed by atoms with van der Waals surface area (Å²) < 4.78 is 0. The van der Waals surface area contributed by atoms with Gasteiger partial charge in [0.1, 0.15) is 5.82 Å². The third-order valence-electron chi connectivity index (χ3n) is 3.97. The number of nitrogens with one attached hydrogen (secondary N) is 1. The monoisotopic (exact) mass is 336 g/mol. The standard InChI is InChI=1S/C19H20N4O2/c1-23(2)10-9-21-18-14-6-3-7-15(19(24)25)17(14)16(12-22-18)13-5-4-8-20-11-13/h3-8,11-12H,9-10H2,1-2H3,(H,21,22)(H,24,25). The van der Waals surface area contributed by atoms with Gasteiger partial charge in [-0.25, -0.2) is 9.78 Å². The van der Waals surface area contributed by atoms with Gasteiger partial charge in [-0.2, -0.15) is 0 Å². The Morgan fingerprint density at radius 1 is 1.20 bits per heavy atom. The van der Waals surface area contributed by atoms with Crippen LogP contribution in [-0.4, -0.2) is 53.1 Å². The molecule has 2 aromatic heterocycles. The van der Waals surface area contributed by atoms with E-state index in [4.69, 9.17) is 0 Å². The average molecular weight is 336 g/mol. The fourth-order valence-corrected chi connectivity index (χ4v) is 2.76. The number of anilines is 1. The number of pyridine rings is 2. The minimum absolute atomic E-state index is 0.259. The van der Waals surface area contributed by atoms with Crippen LogP contribution in [0.2, 0.25) is 0 Å². The Labute approximate surface area is 146 Å². The van der Waals surface area contributed by atoms with Crippen LogP contribution in [0.5, 0.6) is 0 Å². The molecular formula is C19H20N4O2. The summed E-state index contributed by atoms with van der Waals surface area (Å²) in [7, 11) is 4.00. The van der Waals surface area contributed by atoms with E-state index in [1.54, 1.807) is 30.7 Å². The van der Waals surface area contributed by atoms with Crippen LogP contribution in [0.25, 0.3) is 21.9 Å². The molecule has 0 aliphatic heterocycles. The Balaban J connectivity index is 2.17. The van der Waals surface area contributed by atoms with Crippen molar-refractivity contribution in [2.45, 2.75) is 0 Å². The molecule has 25 heavy (non-hydrogen) atoms. The van der Waals surface area contributed by atoms with Crippen molar-refractivity contribution in [1.29, 1.82) is 0 Å². The van der Waals surface area contributed by atoms with Gasteiger partial charge < -0.3 is 15.3 Å². The predicted molar refractivity (Wildman–Crippen MR) is 99.0 cm³/mol. The van der Waals surface area contributed by atoms with Crippen LogP contribution in [0.15, 0.2) is 48.9 Å². The van der Waals surface area contributed by atoms with Gasteiger partial charge in [-0.05, 0) is 26.2 Å². The lowest BCUT2D eigenvalue weighted by molar-refractivity contribution is 0.0699. The summed E-state index contributed by atoms with van der Waals surface area (Å²) in [5, 5.41) is 14.4. The molecule has 0 bridgehead atoms. The highest BCUT2D eigenvalue weighted by Gasteiger charge is 2.16. The normalized spacial score (nSPS) is 11.0. The summed E-state index contributed by atoms with van der Waals surface area (Å²) >= 11 is 0. The number of nitrogens with zero attached hydrogens (tertiary/aromatic N) is 3. The van der Waals surface area contributed by atoms with Crippen molar-refractivity contribution in [3.05, 3.63) is 54.5 Å². The van der Waals surface area contributed by atoms with E-state index in [-0.39, 0.29) is 5.56 Å². The molecule has 6 heteroatoms. The summed E-state index contributed by atoms with van der Waals surface area (Å²) in [6, 6.07) is 8.99. The molecule has 6 nitrogen and oxygen atoms in total. The van der Waals surface area contributed by atoms with E-state index in [1.807, 2.05) is 32.3 Å². The number of carbonyl (C=O) groups is 1. The van der Waals surface area contributed by atoms with Gasteiger partial charge in [0.05, 0.1) is 5.56 Å². The molecule has 0 saturated heterocycles. The van der Waals surface area contributed by atoms with E-state index >= 15 is 0 Å². The highest BCUT2D eigenvalue weighted by molar-refractivity contribution is 6.12. The molecule has 0 aliphatic carbocycles. The number of likely N-dealkylation sites (N-methyl/N-ethyl adjacent to an activating group) is 1. The first kappa shape index (κ1) is 16.9. The zero-order chi connectivity index (χ0) is 17.8. The summed E-state index contributed by atoms with van der Waals surface area (Å²) in [5.74, 6) is -0.270. The van der Waals surface area contributed by atoms with E-state index in [2.05, 4.69) is 20.2 Å². The third-order valence-corrected chi connectivity index (χ3v) is 3.97. The number of aromatic carboxylic acids is 1. The van der Waals surface area contributed by atoms with E-state index in [0.717, 1.165) is 29.6 Å². The van der Waals surface area contributed by atoms with Gasteiger partial charge in [0.15, 0.2) is 0 Å². The zero-order valence-electron chi connectivity index (χ0n) is 14.2. The molecule has 0 spiro atoms. The smallest absolute Gasteiger partial charge is 0.336 e. The summed E-state index contributed by atoms with van der Waals surface area (Å²) in [6.45, 7) is 1.57. The Hall–Kier alpha value is -2.99. The fraction of sp³-hybridized carbons (Fsp3) is 0.211. The van der Waals surface area contributed by atoms with Crippen molar-refractivity contribution in [2.75, 3.05) is 32.5 Å². The number of hydrogen-bond acceptors (Lipinski definition) is 5. The highest BCUT2D eigenvalue weighted by Crippen LogP contribution is 2.33. The molecule has 2 heterocycles. The van der Waals surface area contributed by atoms with Gasteiger partial charge in [-0.1, -0.05) is 18.2 Å². The summed E-state index contributed by atoms with van der Waals surface area (Å²) in [6.07, 6.45) is 5.12. The third kappa shape index (κ3) is 3.59. The van der Waals surface area contributed by atoms with E-state index in [1.165, 1.54) is 0 Å². The van der Waals surface area contributed by atoms with Gasteiger partial charge >= 0.3 is 5.97 Å². The predicted octanol–water partition coefficient (Wildman–Crippen LogP) is 2.97. The number of benzene rings is 1. The molecule has 1 aromatic carbocycles. The number of rotatable bonds is 6. The second-order valence-electron chi connectivity index (χ2n) is 6.03. The molecule has 0 unspecified atom stereocenters. The Morgan fingerprint density at radius 2 is 2.04 bits per heavy atom. The van der Waals surface area contributed by atoms with Crippen LogP contribution in [0, 0.1) is 0 Å². The minimum Gasteiger partial charge on any atom is -0.478 e. The van der Waals surface area contributed by atoms with Crippen molar-refractivity contribution < 1.29 is 9.90 Å². The van der Waals surface area contributed by atoms with Crippen LogP contribution in [-0.2, 0) is 0 Å². The lowest BCUT2D eigenvalue weighted by Gasteiger charge is -2.15. The number of carboxylic acid groups (broad SMARTS) is 1. The molecule has 0 atom stereocenters. The lowest BCUT2D eigenvalue weighted by Crippen LogP contribution is -2.21. The molecule has 3 aromatic rings. The second-order valence-corrected chi connectivity index (χ2v) is 6.03. The first-order valence-corrected chi connectivity index (χ1v) is 8.02. The van der Waals surface area contributed by atoms with Gasteiger partial charge in [0.2, 0.25) is 0 Å². The lowest BCUT2D eigenvalue weighted by atomic mass is 9.97. The molecule has 0 radical (unpaired) electrons. The number of carboxylic acids is 1. The SMILES string of the molecule is CN(C)CCNc1ncc(-c2cccnc2)c2c(C(=O)O)cccc12. The number of fused-ring (bicyclic) bond motifs is 1. The molecule has 128 valence electrons. The van der Waals surface area contributed by atoms with Crippen LogP contribution in [0.3, 0.4) is 0 Å². The molecular weight excluding hydrogens is 316 g/mol. The first-order chi connectivity index (χ1) is 12.1. The largest absolute Gasteiger partial charge is 0.478 e. The van der Waals surface area contributed by atoms with Crippen molar-refractivity contribution in [3.63, 3.8) is 0 Å². The van der Waals surface area contributed by atoms with Gasteiger partial charge in [-0.15, -0.1) is 0 Å². The Morgan fingerprint density at radius 3 is 2.72 bits per heavy atom. The summed E-state index contributed by atoms with van der Waals surface area (Å²) in [5.41, 5.74) is 1.86. The summed E-state index contributed by atoms with van der Waals surface area (Å²) in [4.78, 5) is 22.5. The van der Waals surface area contributed by atoms with E-state index in [0.29, 0.717) is 11.2 Å². The number of aromatic nitrogens is 2. The van der Waals surface area contributed by atoms with Crippen molar-refractivity contribution >= 4 is 22.6 Å². The first-order valence-electron chi connectivity index (χ1n) is 8.02. The zero-order valence-corrected chi connectivity index (χ0v) is 14.2. The molecule has 3 rings (SSSR count). The van der Waals surface area contributed by atoms with Crippen LogP contribution < -0.4 is 5.32 Å². The van der Waals surface area contributed by atoms with Crippen molar-refractivity contribution in [2.24, 2.45) is 0 Å². The van der Waals surface area contributed by atoms with Crippen LogP contribution in [0.4, 0.5) is 5.82 Å². The van der Waals surface area contributed by atoms with Gasteiger partial charge in [0.25, 0.3) is 0 Å². The molecule has 0 amide bonds. The maximum absolute atomic E-state index is 11.7. The van der Waals surface area contributed by atoms with Crippen LogP contribution in [0.1, 0.15) is 10.4 Å². The van der Waals surface area contributed by atoms with E-state index in [9.17, 15) is 9.90 Å². The Bertz CT molecular complexity index is 895.